The summed E-state index contributed by atoms with van der Waals surface area (Å²) in [5.74, 6) is 3.35. The molecule has 0 aliphatic heterocycles. The van der Waals surface area contributed by atoms with E-state index in [9.17, 15) is 0 Å². The van der Waals surface area contributed by atoms with E-state index in [-0.39, 0.29) is 0 Å². The molecule has 1 unspecified atom stereocenters. The standard InChI is InChI=1S/C14H27N3O/c1-10(2)5-6-13-16-14(18-17-13)8-12(9-15)7-11(3)4/h10-12H,5-9,15H2,1-4H3. The van der Waals surface area contributed by atoms with Crippen LogP contribution in [-0.4, -0.2) is 16.7 Å². The summed E-state index contributed by atoms with van der Waals surface area (Å²) in [5, 5.41) is 4.03. The smallest absolute Gasteiger partial charge is 0.226 e. The minimum absolute atomic E-state index is 0.448. The van der Waals surface area contributed by atoms with E-state index < -0.39 is 0 Å². The first-order valence-corrected chi connectivity index (χ1v) is 7.02. The molecule has 1 atom stereocenters. The van der Waals surface area contributed by atoms with Crippen LogP contribution in [0.4, 0.5) is 0 Å². The zero-order valence-corrected chi connectivity index (χ0v) is 12.1. The van der Waals surface area contributed by atoms with E-state index in [1.165, 1.54) is 0 Å². The van der Waals surface area contributed by atoms with Gasteiger partial charge in [0.25, 0.3) is 0 Å². The van der Waals surface area contributed by atoms with Crippen LogP contribution in [0.5, 0.6) is 0 Å². The molecule has 0 amide bonds. The Bertz CT molecular complexity index is 334. The van der Waals surface area contributed by atoms with Gasteiger partial charge >= 0.3 is 0 Å². The highest BCUT2D eigenvalue weighted by Crippen LogP contribution is 2.16. The molecule has 18 heavy (non-hydrogen) atoms. The first kappa shape index (κ1) is 15.2. The van der Waals surface area contributed by atoms with E-state index >= 15 is 0 Å². The molecule has 0 radical (unpaired) electrons. The topological polar surface area (TPSA) is 64.9 Å². The van der Waals surface area contributed by atoms with E-state index in [2.05, 4.69) is 37.8 Å². The Hall–Kier alpha value is -0.900. The van der Waals surface area contributed by atoms with Gasteiger partial charge in [0, 0.05) is 12.8 Å². The Balaban J connectivity index is 2.46. The van der Waals surface area contributed by atoms with E-state index in [1.807, 2.05) is 0 Å². The largest absolute Gasteiger partial charge is 0.339 e. The molecular formula is C14H27N3O. The van der Waals surface area contributed by atoms with Crippen molar-refractivity contribution >= 4 is 0 Å². The van der Waals surface area contributed by atoms with Crippen molar-refractivity contribution in [3.8, 4) is 0 Å². The van der Waals surface area contributed by atoms with E-state index in [4.69, 9.17) is 10.3 Å². The third-order valence-corrected chi connectivity index (χ3v) is 3.06. The molecule has 1 heterocycles. The van der Waals surface area contributed by atoms with Crippen molar-refractivity contribution in [1.82, 2.24) is 10.1 Å². The van der Waals surface area contributed by atoms with Crippen molar-refractivity contribution in [3.63, 3.8) is 0 Å². The third-order valence-electron chi connectivity index (χ3n) is 3.06. The van der Waals surface area contributed by atoms with Gasteiger partial charge in [-0.25, -0.2) is 0 Å². The molecule has 0 saturated carbocycles. The van der Waals surface area contributed by atoms with Crippen molar-refractivity contribution in [3.05, 3.63) is 11.7 Å². The van der Waals surface area contributed by atoms with E-state index in [1.54, 1.807) is 0 Å². The molecule has 104 valence electrons. The van der Waals surface area contributed by atoms with E-state index in [0.717, 1.165) is 37.4 Å². The number of rotatable bonds is 8. The second-order valence-corrected chi connectivity index (χ2v) is 5.97. The predicted molar refractivity (Wildman–Crippen MR) is 73.2 cm³/mol. The first-order chi connectivity index (χ1) is 8.51. The Kier molecular flexibility index (Phi) is 6.33. The molecule has 1 rings (SSSR count). The third kappa shape index (κ3) is 5.63. The van der Waals surface area contributed by atoms with E-state index in [0.29, 0.717) is 24.3 Å². The molecule has 0 aliphatic carbocycles. The summed E-state index contributed by atoms with van der Waals surface area (Å²) in [6.07, 6.45) is 3.92. The second-order valence-electron chi connectivity index (χ2n) is 5.97. The maximum atomic E-state index is 5.78. The zero-order valence-electron chi connectivity index (χ0n) is 12.1. The summed E-state index contributed by atoms with van der Waals surface area (Å²) >= 11 is 0. The van der Waals surface area contributed by atoms with Crippen LogP contribution in [0.2, 0.25) is 0 Å². The van der Waals surface area contributed by atoms with Gasteiger partial charge in [-0.15, -0.1) is 0 Å². The van der Waals surface area contributed by atoms with Gasteiger partial charge in [-0.2, -0.15) is 4.98 Å². The van der Waals surface area contributed by atoms with Crippen LogP contribution >= 0.6 is 0 Å². The van der Waals surface area contributed by atoms with Crippen LogP contribution in [0.15, 0.2) is 4.52 Å². The molecule has 4 heteroatoms. The lowest BCUT2D eigenvalue weighted by Gasteiger charge is -2.14. The molecule has 1 aromatic rings. The van der Waals surface area contributed by atoms with Gasteiger partial charge in [0.2, 0.25) is 5.89 Å². The van der Waals surface area contributed by atoms with Crippen molar-refractivity contribution in [2.45, 2.75) is 53.4 Å². The molecule has 0 saturated heterocycles. The van der Waals surface area contributed by atoms with Gasteiger partial charge in [0.1, 0.15) is 0 Å². The molecule has 0 aliphatic rings. The summed E-state index contributed by atoms with van der Waals surface area (Å²) in [6.45, 7) is 9.51. The number of aryl methyl sites for hydroxylation is 1. The minimum atomic E-state index is 0.448. The number of hydrogen-bond acceptors (Lipinski definition) is 4. The number of aromatic nitrogens is 2. The lowest BCUT2D eigenvalue weighted by atomic mass is 9.94. The quantitative estimate of drug-likeness (QED) is 0.773. The molecule has 4 nitrogen and oxygen atoms in total. The second kappa shape index (κ2) is 7.52. The monoisotopic (exact) mass is 253 g/mol. The fraction of sp³-hybridized carbons (Fsp3) is 0.857. The maximum absolute atomic E-state index is 5.78. The van der Waals surface area contributed by atoms with Crippen molar-refractivity contribution < 1.29 is 4.52 Å². The average Bonchev–Trinajstić information content (AvgIpc) is 2.72. The zero-order chi connectivity index (χ0) is 13.5. The summed E-state index contributed by atoms with van der Waals surface area (Å²) < 4.78 is 5.29. The van der Waals surface area contributed by atoms with Gasteiger partial charge in [0.15, 0.2) is 5.82 Å². The number of nitrogens with zero attached hydrogens (tertiary/aromatic N) is 2. The van der Waals surface area contributed by atoms with Crippen LogP contribution in [-0.2, 0) is 12.8 Å². The van der Waals surface area contributed by atoms with Crippen LogP contribution in [0, 0.1) is 17.8 Å². The fourth-order valence-electron chi connectivity index (χ4n) is 2.07. The fourth-order valence-corrected chi connectivity index (χ4v) is 2.07. The number of hydrogen-bond donors (Lipinski definition) is 1. The molecule has 0 fully saturated rings. The van der Waals surface area contributed by atoms with Gasteiger partial charge in [-0.1, -0.05) is 32.9 Å². The average molecular weight is 253 g/mol. The predicted octanol–water partition coefficient (Wildman–Crippen LogP) is 2.82. The normalized spacial score (nSPS) is 13.5. The maximum Gasteiger partial charge on any atom is 0.226 e. The van der Waals surface area contributed by atoms with Gasteiger partial charge in [-0.05, 0) is 37.1 Å². The molecule has 2 N–H and O–H groups in total. The Labute approximate surface area is 110 Å². The van der Waals surface area contributed by atoms with Crippen LogP contribution < -0.4 is 5.73 Å². The Morgan fingerprint density at radius 3 is 2.44 bits per heavy atom. The molecule has 0 aromatic carbocycles. The molecule has 0 spiro atoms. The van der Waals surface area contributed by atoms with Crippen LogP contribution in [0.1, 0.15) is 52.3 Å². The Morgan fingerprint density at radius 1 is 1.17 bits per heavy atom. The highest BCUT2D eigenvalue weighted by Gasteiger charge is 2.15. The molecular weight excluding hydrogens is 226 g/mol. The van der Waals surface area contributed by atoms with Crippen molar-refractivity contribution in [2.75, 3.05) is 6.54 Å². The van der Waals surface area contributed by atoms with Gasteiger partial charge < -0.3 is 10.3 Å². The summed E-state index contributed by atoms with van der Waals surface area (Å²) in [6, 6.07) is 0. The highest BCUT2D eigenvalue weighted by atomic mass is 16.5. The summed E-state index contributed by atoms with van der Waals surface area (Å²) in [4.78, 5) is 4.44. The minimum Gasteiger partial charge on any atom is -0.339 e. The highest BCUT2D eigenvalue weighted by molar-refractivity contribution is 4.88. The van der Waals surface area contributed by atoms with Gasteiger partial charge in [0.05, 0.1) is 0 Å². The summed E-state index contributed by atoms with van der Waals surface area (Å²) in [5.41, 5.74) is 5.78. The lowest BCUT2D eigenvalue weighted by molar-refractivity contribution is 0.329. The van der Waals surface area contributed by atoms with Crippen LogP contribution in [0.3, 0.4) is 0 Å². The summed E-state index contributed by atoms with van der Waals surface area (Å²) in [7, 11) is 0. The van der Waals surface area contributed by atoms with Crippen molar-refractivity contribution in [2.24, 2.45) is 23.5 Å². The lowest BCUT2D eigenvalue weighted by Crippen LogP contribution is -2.19. The SMILES string of the molecule is CC(C)CCc1noc(CC(CN)CC(C)C)n1. The van der Waals surface area contributed by atoms with Gasteiger partial charge in [-0.3, -0.25) is 0 Å². The van der Waals surface area contributed by atoms with Crippen LogP contribution in [0.25, 0.3) is 0 Å². The van der Waals surface area contributed by atoms with Crippen molar-refractivity contribution in [1.29, 1.82) is 0 Å². The molecule has 0 bridgehead atoms. The first-order valence-electron chi connectivity index (χ1n) is 7.02. The Morgan fingerprint density at radius 2 is 1.89 bits per heavy atom. The number of nitrogens with two attached hydrogens (primary N) is 1. The molecule has 1 aromatic heterocycles.